The van der Waals surface area contributed by atoms with Crippen molar-refractivity contribution in [3.63, 3.8) is 0 Å². The van der Waals surface area contributed by atoms with E-state index < -0.39 is 35.9 Å². The van der Waals surface area contributed by atoms with Crippen molar-refractivity contribution in [2.24, 2.45) is 0 Å². The fraction of sp³-hybridized carbons (Fsp3) is 0.375. The number of alkyl carbamates (subject to hydrolysis) is 1. The van der Waals surface area contributed by atoms with Gasteiger partial charge in [0, 0.05) is 11.8 Å². The first-order valence-electron chi connectivity index (χ1n) is 7.26. The van der Waals surface area contributed by atoms with Crippen LogP contribution in [0.4, 0.5) is 23.7 Å². The Morgan fingerprint density at radius 2 is 2.12 bits per heavy atom. The Morgan fingerprint density at radius 3 is 2.73 bits per heavy atom. The molecule has 140 valence electrons. The number of terminal acetylenes is 1. The first-order chi connectivity index (χ1) is 12.0. The van der Waals surface area contributed by atoms with Crippen LogP contribution in [0.2, 0.25) is 0 Å². The zero-order chi connectivity index (χ0) is 19.5. The molecule has 1 aliphatic heterocycles. The van der Waals surface area contributed by atoms with E-state index in [0.29, 0.717) is 0 Å². The van der Waals surface area contributed by atoms with Gasteiger partial charge in [0.15, 0.2) is 0 Å². The highest BCUT2D eigenvalue weighted by atomic mass is 19.4. The van der Waals surface area contributed by atoms with Gasteiger partial charge in [0.1, 0.15) is 12.5 Å². The second kappa shape index (κ2) is 7.13. The van der Waals surface area contributed by atoms with Crippen LogP contribution in [0.15, 0.2) is 24.3 Å². The van der Waals surface area contributed by atoms with Gasteiger partial charge in [-0.05, 0) is 26.0 Å². The second-order valence-electron chi connectivity index (χ2n) is 5.74. The Morgan fingerprint density at radius 1 is 1.42 bits per heavy atom. The van der Waals surface area contributed by atoms with Gasteiger partial charge >= 0.3 is 12.5 Å². The van der Waals surface area contributed by atoms with Crippen LogP contribution in [0.5, 0.6) is 5.75 Å². The predicted molar refractivity (Wildman–Crippen MR) is 82.9 cm³/mol. The smallest absolute Gasteiger partial charge is 0.410 e. The third-order valence-corrected chi connectivity index (χ3v) is 3.18. The molecule has 0 radical (unpaired) electrons. The average molecular weight is 372 g/mol. The van der Waals surface area contributed by atoms with Crippen molar-refractivity contribution >= 4 is 17.7 Å². The van der Waals surface area contributed by atoms with E-state index in [1.807, 2.05) is 0 Å². The minimum absolute atomic E-state index is 0.0900. The monoisotopic (exact) mass is 372 g/mol. The number of amides is 2. The molecule has 1 saturated heterocycles. The third kappa shape index (κ3) is 5.03. The van der Waals surface area contributed by atoms with Gasteiger partial charge in [0.2, 0.25) is 0 Å². The van der Waals surface area contributed by atoms with Crippen LogP contribution in [0, 0.1) is 12.3 Å². The van der Waals surface area contributed by atoms with Crippen molar-refractivity contribution < 1.29 is 37.0 Å². The van der Waals surface area contributed by atoms with E-state index in [9.17, 15) is 22.8 Å². The number of nitrogens with one attached hydrogen (secondary N) is 1. The number of benzene rings is 1. The molecule has 1 atom stereocenters. The molecule has 26 heavy (non-hydrogen) atoms. The molecular formula is C16H15F3N2O5. The van der Waals surface area contributed by atoms with Gasteiger partial charge in [-0.3, -0.25) is 9.69 Å². The lowest BCUT2D eigenvalue weighted by molar-refractivity contribution is -0.274. The van der Waals surface area contributed by atoms with Crippen LogP contribution in [-0.2, 0) is 14.3 Å². The number of halogens is 3. The summed E-state index contributed by atoms with van der Waals surface area (Å²) in [7, 11) is 0. The van der Waals surface area contributed by atoms with Crippen LogP contribution in [0.1, 0.15) is 13.8 Å². The first-order valence-corrected chi connectivity index (χ1v) is 7.26. The van der Waals surface area contributed by atoms with Crippen LogP contribution in [0.3, 0.4) is 0 Å². The highest BCUT2D eigenvalue weighted by Gasteiger charge is 2.38. The van der Waals surface area contributed by atoms with Crippen LogP contribution >= 0.6 is 0 Å². The molecule has 0 aromatic heterocycles. The molecule has 0 spiro atoms. The summed E-state index contributed by atoms with van der Waals surface area (Å²) >= 11 is 0. The summed E-state index contributed by atoms with van der Waals surface area (Å²) in [6.07, 6.45) is -2.15. The molecule has 2 amide bonds. The molecule has 1 N–H and O–H groups in total. The molecule has 1 fully saturated rings. The van der Waals surface area contributed by atoms with E-state index >= 15 is 0 Å². The highest BCUT2D eigenvalue weighted by molar-refractivity contribution is 5.98. The Labute approximate surface area is 147 Å². The summed E-state index contributed by atoms with van der Waals surface area (Å²) in [5.74, 6) is 1.05. The molecule has 2 rings (SSSR count). The van der Waals surface area contributed by atoms with E-state index in [1.54, 1.807) is 13.8 Å². The molecule has 1 unspecified atom stereocenters. The number of rotatable bonds is 4. The topological polar surface area (TPSA) is 77.1 Å². The fourth-order valence-corrected chi connectivity index (χ4v) is 1.96. The van der Waals surface area contributed by atoms with E-state index in [4.69, 9.17) is 15.9 Å². The Hall–Kier alpha value is -2.93. The molecule has 1 aliphatic rings. The summed E-state index contributed by atoms with van der Waals surface area (Å²) in [5.41, 5.74) is -0.908. The molecule has 1 aromatic carbocycles. The lowest BCUT2D eigenvalue weighted by atomic mass is 10.1. The molecule has 10 heteroatoms. The van der Waals surface area contributed by atoms with Gasteiger partial charge in [0.25, 0.3) is 12.2 Å². The highest BCUT2D eigenvalue weighted by Crippen LogP contribution is 2.29. The van der Waals surface area contributed by atoms with E-state index in [-0.39, 0.29) is 12.4 Å². The molecule has 0 aliphatic carbocycles. The SMILES string of the molecule is C#CC(C)(C)NC(=O)OC1OCN(c2cccc(OC(F)(F)F)c2)C1=O. The number of anilines is 1. The van der Waals surface area contributed by atoms with E-state index in [1.165, 1.54) is 12.1 Å². The number of alkyl halides is 3. The standard InChI is InChI=1S/C16H15F3N2O5/c1-4-15(2,3)20-14(23)25-13-12(22)21(9-24-13)10-6-5-7-11(8-10)26-16(17,18)19/h1,5-8,13H,9H2,2-3H3,(H,20,23). The Kier molecular flexibility index (Phi) is 5.32. The Bertz CT molecular complexity index is 742. The van der Waals surface area contributed by atoms with Gasteiger partial charge in [-0.2, -0.15) is 0 Å². The van der Waals surface area contributed by atoms with Crippen molar-refractivity contribution in [3.8, 4) is 18.1 Å². The Balaban J connectivity index is 2.04. The molecule has 7 nitrogen and oxygen atoms in total. The number of nitrogens with zero attached hydrogens (tertiary/aromatic N) is 1. The van der Waals surface area contributed by atoms with Crippen molar-refractivity contribution in [2.45, 2.75) is 32.0 Å². The van der Waals surface area contributed by atoms with Gasteiger partial charge in [0.05, 0.1) is 5.54 Å². The van der Waals surface area contributed by atoms with Crippen molar-refractivity contribution in [2.75, 3.05) is 11.6 Å². The normalized spacial score (nSPS) is 17.6. The third-order valence-electron chi connectivity index (χ3n) is 3.18. The molecule has 0 bridgehead atoms. The maximum absolute atomic E-state index is 12.3. The van der Waals surface area contributed by atoms with Crippen LogP contribution in [-0.4, -0.2) is 36.9 Å². The van der Waals surface area contributed by atoms with Gasteiger partial charge in [-0.15, -0.1) is 19.6 Å². The minimum atomic E-state index is -4.86. The zero-order valence-corrected chi connectivity index (χ0v) is 13.8. The summed E-state index contributed by atoms with van der Waals surface area (Å²) in [6.45, 7) is 2.78. The number of hydrogen-bond donors (Lipinski definition) is 1. The van der Waals surface area contributed by atoms with Gasteiger partial charge in [-0.25, -0.2) is 4.79 Å². The first kappa shape index (κ1) is 19.4. The average Bonchev–Trinajstić information content (AvgIpc) is 2.86. The maximum Gasteiger partial charge on any atom is 0.573 e. The van der Waals surface area contributed by atoms with Crippen molar-refractivity contribution in [1.82, 2.24) is 5.32 Å². The van der Waals surface area contributed by atoms with E-state index in [0.717, 1.165) is 17.0 Å². The zero-order valence-electron chi connectivity index (χ0n) is 13.8. The number of ether oxygens (including phenoxy) is 3. The molecule has 1 heterocycles. The number of carbonyl (C=O) groups is 2. The fourth-order valence-electron chi connectivity index (χ4n) is 1.96. The lowest BCUT2D eigenvalue weighted by Crippen LogP contribution is -2.44. The largest absolute Gasteiger partial charge is 0.573 e. The quantitative estimate of drug-likeness (QED) is 0.822. The predicted octanol–water partition coefficient (Wildman–Crippen LogP) is 2.37. The molecular weight excluding hydrogens is 357 g/mol. The summed E-state index contributed by atoms with van der Waals surface area (Å²) in [6, 6.07) is 4.76. The maximum atomic E-state index is 12.3. The van der Waals surface area contributed by atoms with Gasteiger partial charge < -0.3 is 19.5 Å². The summed E-state index contributed by atoms with van der Waals surface area (Å²) < 4.78 is 50.6. The van der Waals surface area contributed by atoms with E-state index in [2.05, 4.69) is 16.0 Å². The molecule has 0 saturated carbocycles. The minimum Gasteiger partial charge on any atom is -0.410 e. The van der Waals surface area contributed by atoms with Crippen LogP contribution < -0.4 is 15.0 Å². The number of hydrogen-bond acceptors (Lipinski definition) is 5. The van der Waals surface area contributed by atoms with Crippen molar-refractivity contribution in [3.05, 3.63) is 24.3 Å². The van der Waals surface area contributed by atoms with Gasteiger partial charge in [-0.1, -0.05) is 12.0 Å². The second-order valence-corrected chi connectivity index (χ2v) is 5.74. The summed E-state index contributed by atoms with van der Waals surface area (Å²) in [5, 5.41) is 2.35. The lowest BCUT2D eigenvalue weighted by Gasteiger charge is -2.20. The van der Waals surface area contributed by atoms with Crippen LogP contribution in [0.25, 0.3) is 0 Å². The summed E-state index contributed by atoms with van der Waals surface area (Å²) in [4.78, 5) is 25.0. The molecule has 1 aromatic rings. The van der Waals surface area contributed by atoms with Crippen molar-refractivity contribution in [1.29, 1.82) is 0 Å². The number of carbonyl (C=O) groups excluding carboxylic acids is 2.